The largest absolute Gasteiger partial charge is 0.462 e. The fourth-order valence-corrected chi connectivity index (χ4v) is 5.46. The number of anilines is 2. The van der Waals surface area contributed by atoms with E-state index in [4.69, 9.17) is 9.47 Å². The van der Waals surface area contributed by atoms with E-state index in [1.165, 1.54) is 16.9 Å². The van der Waals surface area contributed by atoms with Crippen molar-refractivity contribution >= 4 is 40.0 Å². The van der Waals surface area contributed by atoms with Crippen molar-refractivity contribution in [3.05, 3.63) is 45.8 Å². The molecule has 1 aromatic heterocycles. The molecule has 2 aliphatic heterocycles. The zero-order valence-corrected chi connectivity index (χ0v) is 19.1. The van der Waals surface area contributed by atoms with Crippen molar-refractivity contribution in [3.8, 4) is 0 Å². The van der Waals surface area contributed by atoms with Crippen LogP contribution in [-0.2, 0) is 33.7 Å². The first-order valence-electron chi connectivity index (χ1n) is 10.9. The number of nitrogens with zero attached hydrogens (tertiary/aromatic N) is 2. The summed E-state index contributed by atoms with van der Waals surface area (Å²) in [6.45, 7) is 5.86. The maximum Gasteiger partial charge on any atom is 0.410 e. The van der Waals surface area contributed by atoms with Gasteiger partial charge in [0.2, 0.25) is 5.91 Å². The molecule has 3 heterocycles. The monoisotopic (exact) mass is 457 g/mol. The molecule has 2 aliphatic rings. The summed E-state index contributed by atoms with van der Waals surface area (Å²) >= 11 is 1.33. The standard InChI is InChI=1S/C23H27N3O5S/c1-3-30-22(28)20-16-10-12-26(23(29)31-4-2)13-18(16)32-21(20)24-19(27)14-25-11-9-15-7-5-6-8-17(15)25/h5-8H,3-4,9-14H2,1-2H3,(H,24,27). The second-order valence-corrected chi connectivity index (χ2v) is 8.75. The van der Waals surface area contributed by atoms with E-state index in [1.54, 1.807) is 18.7 Å². The van der Waals surface area contributed by atoms with Gasteiger partial charge in [0.15, 0.2) is 0 Å². The van der Waals surface area contributed by atoms with E-state index in [2.05, 4.69) is 11.4 Å². The molecule has 0 atom stereocenters. The summed E-state index contributed by atoms with van der Waals surface area (Å²) in [7, 11) is 0. The molecular weight excluding hydrogens is 430 g/mol. The Morgan fingerprint density at radius 2 is 1.84 bits per heavy atom. The smallest absolute Gasteiger partial charge is 0.410 e. The summed E-state index contributed by atoms with van der Waals surface area (Å²) < 4.78 is 10.4. The number of rotatable bonds is 6. The molecule has 0 aliphatic carbocycles. The summed E-state index contributed by atoms with van der Waals surface area (Å²) in [5.74, 6) is -0.635. The Morgan fingerprint density at radius 3 is 2.62 bits per heavy atom. The predicted molar refractivity (Wildman–Crippen MR) is 122 cm³/mol. The number of thiophene rings is 1. The van der Waals surface area contributed by atoms with Crippen LogP contribution in [0.25, 0.3) is 0 Å². The van der Waals surface area contributed by atoms with E-state index >= 15 is 0 Å². The van der Waals surface area contributed by atoms with E-state index < -0.39 is 5.97 Å². The number of carbonyl (C=O) groups excluding carboxylic acids is 3. The number of hydrogen-bond donors (Lipinski definition) is 1. The van der Waals surface area contributed by atoms with E-state index in [0.717, 1.165) is 29.1 Å². The van der Waals surface area contributed by atoms with Gasteiger partial charge in [-0.3, -0.25) is 4.79 Å². The van der Waals surface area contributed by atoms with Crippen LogP contribution in [0, 0.1) is 0 Å². The molecule has 0 bridgehead atoms. The normalized spacial score (nSPS) is 14.6. The van der Waals surface area contributed by atoms with E-state index in [9.17, 15) is 14.4 Å². The Balaban J connectivity index is 1.53. The number of benzene rings is 1. The third-order valence-electron chi connectivity index (χ3n) is 5.63. The van der Waals surface area contributed by atoms with Gasteiger partial charge in [0, 0.05) is 23.7 Å². The highest BCUT2D eigenvalue weighted by atomic mass is 32.1. The number of nitrogens with one attached hydrogen (secondary N) is 1. The first kappa shape index (κ1) is 22.1. The van der Waals surface area contributed by atoms with E-state index in [0.29, 0.717) is 36.7 Å². The molecule has 2 aromatic rings. The van der Waals surface area contributed by atoms with Gasteiger partial charge in [-0.05, 0) is 43.9 Å². The number of fused-ring (bicyclic) bond motifs is 2. The average molecular weight is 458 g/mol. The molecule has 0 saturated heterocycles. The molecule has 32 heavy (non-hydrogen) atoms. The van der Waals surface area contributed by atoms with Gasteiger partial charge in [-0.25, -0.2) is 9.59 Å². The van der Waals surface area contributed by atoms with Crippen LogP contribution < -0.4 is 10.2 Å². The Labute approximate surface area is 191 Å². The van der Waals surface area contributed by atoms with Crippen LogP contribution in [-0.4, -0.2) is 55.7 Å². The predicted octanol–water partition coefficient (Wildman–Crippen LogP) is 3.44. The van der Waals surface area contributed by atoms with Crippen molar-refractivity contribution in [2.24, 2.45) is 0 Å². The average Bonchev–Trinajstić information content (AvgIpc) is 3.34. The zero-order chi connectivity index (χ0) is 22.7. The quantitative estimate of drug-likeness (QED) is 0.669. The maximum atomic E-state index is 12.9. The minimum absolute atomic E-state index is 0.187. The molecule has 170 valence electrons. The SMILES string of the molecule is CCOC(=O)c1c(NC(=O)CN2CCc3ccccc32)sc2c1CCN(C(=O)OCC)C2. The molecule has 1 aromatic carbocycles. The summed E-state index contributed by atoms with van der Waals surface area (Å²) in [4.78, 5) is 42.3. The molecule has 0 radical (unpaired) electrons. The van der Waals surface area contributed by atoms with Crippen molar-refractivity contribution in [1.29, 1.82) is 0 Å². The third kappa shape index (κ3) is 4.43. The summed E-state index contributed by atoms with van der Waals surface area (Å²) in [5.41, 5.74) is 3.56. The first-order chi connectivity index (χ1) is 15.5. The van der Waals surface area contributed by atoms with Gasteiger partial charge < -0.3 is 24.6 Å². The lowest BCUT2D eigenvalue weighted by atomic mass is 10.0. The molecule has 1 N–H and O–H groups in total. The van der Waals surface area contributed by atoms with Gasteiger partial charge in [-0.15, -0.1) is 11.3 Å². The minimum atomic E-state index is -0.448. The number of para-hydroxylation sites is 1. The van der Waals surface area contributed by atoms with Crippen LogP contribution in [0.1, 0.15) is 40.2 Å². The van der Waals surface area contributed by atoms with Crippen molar-refractivity contribution in [3.63, 3.8) is 0 Å². The van der Waals surface area contributed by atoms with Crippen molar-refractivity contribution in [2.45, 2.75) is 33.2 Å². The van der Waals surface area contributed by atoms with Crippen molar-refractivity contribution in [1.82, 2.24) is 4.90 Å². The zero-order valence-electron chi connectivity index (χ0n) is 18.3. The van der Waals surface area contributed by atoms with Crippen LogP contribution in [0.5, 0.6) is 0 Å². The number of esters is 1. The van der Waals surface area contributed by atoms with Crippen LogP contribution in [0.15, 0.2) is 24.3 Å². The Hall–Kier alpha value is -3.07. The van der Waals surface area contributed by atoms with Gasteiger partial charge in [0.1, 0.15) is 5.00 Å². The summed E-state index contributed by atoms with van der Waals surface area (Å²) in [6.07, 6.45) is 1.05. The Bertz CT molecular complexity index is 1030. The highest BCUT2D eigenvalue weighted by Gasteiger charge is 2.32. The van der Waals surface area contributed by atoms with E-state index in [1.807, 2.05) is 23.1 Å². The molecule has 0 spiro atoms. The van der Waals surface area contributed by atoms with Crippen molar-refractivity contribution in [2.75, 3.05) is 43.1 Å². The van der Waals surface area contributed by atoms with Crippen LogP contribution in [0.3, 0.4) is 0 Å². The third-order valence-corrected chi connectivity index (χ3v) is 6.77. The van der Waals surface area contributed by atoms with Gasteiger partial charge >= 0.3 is 12.1 Å². The van der Waals surface area contributed by atoms with Crippen LogP contribution in [0.4, 0.5) is 15.5 Å². The molecular formula is C23H27N3O5S. The van der Waals surface area contributed by atoms with E-state index in [-0.39, 0.29) is 25.2 Å². The second kappa shape index (κ2) is 9.60. The Kier molecular flexibility index (Phi) is 6.64. The topological polar surface area (TPSA) is 88.2 Å². The van der Waals surface area contributed by atoms with Crippen LogP contribution in [0.2, 0.25) is 0 Å². The number of hydrogen-bond acceptors (Lipinski definition) is 7. The molecule has 9 heteroatoms. The van der Waals surface area contributed by atoms with Gasteiger partial charge in [-0.1, -0.05) is 18.2 Å². The lowest BCUT2D eigenvalue weighted by molar-refractivity contribution is -0.114. The number of amides is 2. The molecule has 0 saturated carbocycles. The molecule has 0 fully saturated rings. The number of carbonyl (C=O) groups is 3. The van der Waals surface area contributed by atoms with Crippen LogP contribution >= 0.6 is 11.3 Å². The fraction of sp³-hybridized carbons (Fsp3) is 0.435. The highest BCUT2D eigenvalue weighted by molar-refractivity contribution is 7.17. The minimum Gasteiger partial charge on any atom is -0.462 e. The lowest BCUT2D eigenvalue weighted by Crippen LogP contribution is -2.36. The fourth-order valence-electron chi connectivity index (χ4n) is 4.19. The summed E-state index contributed by atoms with van der Waals surface area (Å²) in [6, 6.07) is 8.07. The molecule has 4 rings (SSSR count). The van der Waals surface area contributed by atoms with Gasteiger partial charge in [-0.2, -0.15) is 0 Å². The first-order valence-corrected chi connectivity index (χ1v) is 11.7. The second-order valence-electron chi connectivity index (χ2n) is 7.65. The molecule has 0 unspecified atom stereocenters. The van der Waals surface area contributed by atoms with Crippen molar-refractivity contribution < 1.29 is 23.9 Å². The Morgan fingerprint density at radius 1 is 1.06 bits per heavy atom. The molecule has 2 amide bonds. The summed E-state index contributed by atoms with van der Waals surface area (Å²) in [5, 5.41) is 3.42. The maximum absolute atomic E-state index is 12.9. The van der Waals surface area contributed by atoms with Gasteiger partial charge in [0.05, 0.1) is 31.9 Å². The van der Waals surface area contributed by atoms with Gasteiger partial charge in [0.25, 0.3) is 0 Å². The molecule has 8 nitrogen and oxygen atoms in total. The number of ether oxygens (including phenoxy) is 2. The lowest BCUT2D eigenvalue weighted by Gasteiger charge is -2.26. The highest BCUT2D eigenvalue weighted by Crippen LogP contribution is 2.38.